The number of hydrogen-bond acceptors (Lipinski definition) is 2. The van der Waals surface area contributed by atoms with Gasteiger partial charge >= 0.3 is 0 Å². The molecule has 1 N–H and O–H groups in total. The van der Waals surface area contributed by atoms with Crippen LogP contribution in [-0.4, -0.2) is 8.42 Å². The van der Waals surface area contributed by atoms with E-state index in [0.29, 0.717) is 14.5 Å². The van der Waals surface area contributed by atoms with Gasteiger partial charge in [0.1, 0.15) is 5.82 Å². The van der Waals surface area contributed by atoms with Crippen molar-refractivity contribution in [3.63, 3.8) is 0 Å². The van der Waals surface area contributed by atoms with E-state index in [9.17, 15) is 12.8 Å². The third kappa shape index (κ3) is 4.35. The summed E-state index contributed by atoms with van der Waals surface area (Å²) in [7, 11) is -3.70. The summed E-state index contributed by atoms with van der Waals surface area (Å²) in [6.07, 6.45) is 0. The molecule has 0 unspecified atom stereocenters. The van der Waals surface area contributed by atoms with E-state index in [1.807, 2.05) is 0 Å². The van der Waals surface area contributed by atoms with Gasteiger partial charge in [0.15, 0.2) is 0 Å². The molecule has 21 heavy (non-hydrogen) atoms. The molecular formula is C13H9Br3FNO2S. The van der Waals surface area contributed by atoms with E-state index in [0.717, 1.165) is 4.47 Å². The molecule has 0 atom stereocenters. The second-order valence-electron chi connectivity index (χ2n) is 4.14. The van der Waals surface area contributed by atoms with Crippen LogP contribution in [0.1, 0.15) is 5.56 Å². The summed E-state index contributed by atoms with van der Waals surface area (Å²) in [5.74, 6) is -0.419. The van der Waals surface area contributed by atoms with Crippen molar-refractivity contribution in [1.29, 1.82) is 0 Å². The topological polar surface area (TPSA) is 46.2 Å². The average molecular weight is 502 g/mol. The Hall–Kier alpha value is -0.280. The van der Waals surface area contributed by atoms with Gasteiger partial charge in [-0.2, -0.15) is 0 Å². The van der Waals surface area contributed by atoms with Crippen molar-refractivity contribution in [3.8, 4) is 0 Å². The van der Waals surface area contributed by atoms with Gasteiger partial charge in [0, 0.05) is 20.0 Å². The lowest BCUT2D eigenvalue weighted by Gasteiger charge is -2.10. The largest absolute Gasteiger partial charge is 0.241 e. The molecule has 2 aromatic rings. The van der Waals surface area contributed by atoms with Gasteiger partial charge in [-0.25, -0.2) is 17.5 Å². The van der Waals surface area contributed by atoms with Crippen molar-refractivity contribution in [1.82, 2.24) is 4.72 Å². The monoisotopic (exact) mass is 499 g/mol. The van der Waals surface area contributed by atoms with E-state index in [4.69, 9.17) is 0 Å². The Labute approximate surface area is 147 Å². The molecule has 0 aliphatic heterocycles. The van der Waals surface area contributed by atoms with Crippen molar-refractivity contribution in [3.05, 3.63) is 61.2 Å². The summed E-state index contributed by atoms with van der Waals surface area (Å²) < 4.78 is 42.0. The number of benzene rings is 2. The fourth-order valence-electron chi connectivity index (χ4n) is 1.62. The molecule has 0 spiro atoms. The van der Waals surface area contributed by atoms with Gasteiger partial charge in [-0.3, -0.25) is 0 Å². The van der Waals surface area contributed by atoms with Gasteiger partial charge in [-0.15, -0.1) is 0 Å². The molecule has 2 aromatic carbocycles. The minimum absolute atomic E-state index is 0.0107. The minimum Gasteiger partial charge on any atom is -0.207 e. The summed E-state index contributed by atoms with van der Waals surface area (Å²) in [4.78, 5) is 0.123. The first-order chi connectivity index (χ1) is 9.79. The fourth-order valence-corrected chi connectivity index (χ4v) is 4.76. The molecule has 0 bridgehead atoms. The highest BCUT2D eigenvalue weighted by Gasteiger charge is 2.18. The Kier molecular flexibility index (Phi) is 5.59. The molecule has 0 aliphatic rings. The predicted molar refractivity (Wildman–Crippen MR) is 90.0 cm³/mol. The van der Waals surface area contributed by atoms with E-state index < -0.39 is 15.8 Å². The van der Waals surface area contributed by atoms with Crippen LogP contribution in [0.2, 0.25) is 0 Å². The minimum atomic E-state index is -3.70. The lowest BCUT2D eigenvalue weighted by atomic mass is 10.2. The zero-order valence-corrected chi connectivity index (χ0v) is 16.0. The van der Waals surface area contributed by atoms with Crippen molar-refractivity contribution >= 4 is 57.8 Å². The fraction of sp³-hybridized carbons (Fsp3) is 0.0769. The molecule has 8 heteroatoms. The molecule has 0 saturated heterocycles. The van der Waals surface area contributed by atoms with E-state index in [1.54, 1.807) is 12.1 Å². The SMILES string of the molecule is O=S(=O)(NCc1cc(F)ccc1Br)c1ccc(Br)cc1Br. The Morgan fingerprint density at radius 3 is 2.38 bits per heavy atom. The van der Waals surface area contributed by atoms with Crippen LogP contribution in [0, 0.1) is 5.82 Å². The highest BCUT2D eigenvalue weighted by Crippen LogP contribution is 2.26. The smallest absolute Gasteiger partial charge is 0.207 e. The maximum Gasteiger partial charge on any atom is 0.241 e. The van der Waals surface area contributed by atoms with Crippen LogP contribution >= 0.6 is 47.8 Å². The Morgan fingerprint density at radius 2 is 1.71 bits per heavy atom. The third-order valence-electron chi connectivity index (χ3n) is 2.64. The second-order valence-corrected chi connectivity index (χ2v) is 8.49. The molecule has 0 amide bonds. The normalized spacial score (nSPS) is 11.6. The highest BCUT2D eigenvalue weighted by atomic mass is 79.9. The summed E-state index contributed by atoms with van der Waals surface area (Å²) in [5.41, 5.74) is 0.520. The zero-order chi connectivity index (χ0) is 15.6. The first-order valence-corrected chi connectivity index (χ1v) is 9.54. The summed E-state index contributed by atoms with van der Waals surface area (Å²) >= 11 is 9.74. The van der Waals surface area contributed by atoms with Crippen molar-refractivity contribution in [2.45, 2.75) is 11.4 Å². The van der Waals surface area contributed by atoms with E-state index >= 15 is 0 Å². The third-order valence-corrected chi connectivity index (χ3v) is 6.29. The van der Waals surface area contributed by atoms with Crippen LogP contribution < -0.4 is 4.72 Å². The summed E-state index contributed by atoms with van der Waals surface area (Å²) in [6.45, 7) is -0.0107. The Bertz CT molecular complexity index is 781. The van der Waals surface area contributed by atoms with Crippen LogP contribution in [0.3, 0.4) is 0 Å². The van der Waals surface area contributed by atoms with Crippen LogP contribution in [0.15, 0.2) is 54.7 Å². The molecule has 0 fully saturated rings. The zero-order valence-electron chi connectivity index (χ0n) is 10.4. The standard InChI is InChI=1S/C13H9Br3FNO2S/c14-9-1-4-13(12(16)6-9)21(19,20)18-7-8-5-10(17)2-3-11(8)15/h1-6,18H,7H2. The lowest BCUT2D eigenvalue weighted by Crippen LogP contribution is -2.23. The molecule has 0 saturated carbocycles. The quantitative estimate of drug-likeness (QED) is 0.666. The van der Waals surface area contributed by atoms with E-state index in [2.05, 4.69) is 52.5 Å². The molecule has 0 heterocycles. The highest BCUT2D eigenvalue weighted by molar-refractivity contribution is 9.11. The number of sulfonamides is 1. The number of halogens is 4. The Balaban J connectivity index is 2.24. The average Bonchev–Trinajstić information content (AvgIpc) is 2.39. The second kappa shape index (κ2) is 6.87. The Morgan fingerprint density at radius 1 is 1.00 bits per heavy atom. The molecule has 2 rings (SSSR count). The maximum atomic E-state index is 13.2. The maximum absolute atomic E-state index is 13.2. The molecule has 0 aromatic heterocycles. The molecular weight excluding hydrogens is 493 g/mol. The van der Waals surface area contributed by atoms with E-state index in [-0.39, 0.29) is 11.4 Å². The number of rotatable bonds is 4. The first kappa shape index (κ1) is 17.1. The van der Waals surface area contributed by atoms with Crippen LogP contribution in [0.5, 0.6) is 0 Å². The van der Waals surface area contributed by atoms with Gasteiger partial charge in [-0.1, -0.05) is 31.9 Å². The van der Waals surface area contributed by atoms with Crippen LogP contribution in [0.4, 0.5) is 4.39 Å². The predicted octanol–water partition coefficient (Wildman–Crippen LogP) is 4.59. The molecule has 112 valence electrons. The molecule has 0 aliphatic carbocycles. The summed E-state index contributed by atoms with van der Waals surface area (Å²) in [6, 6.07) is 8.88. The van der Waals surface area contributed by atoms with Crippen LogP contribution in [-0.2, 0) is 16.6 Å². The summed E-state index contributed by atoms with van der Waals surface area (Å²) in [5, 5.41) is 0. The van der Waals surface area contributed by atoms with Crippen molar-refractivity contribution < 1.29 is 12.8 Å². The van der Waals surface area contributed by atoms with Gasteiger partial charge < -0.3 is 0 Å². The van der Waals surface area contributed by atoms with Gasteiger partial charge in [0.25, 0.3) is 0 Å². The van der Waals surface area contributed by atoms with Gasteiger partial charge in [0.2, 0.25) is 10.0 Å². The number of hydrogen-bond donors (Lipinski definition) is 1. The van der Waals surface area contributed by atoms with Crippen molar-refractivity contribution in [2.24, 2.45) is 0 Å². The molecule has 0 radical (unpaired) electrons. The van der Waals surface area contributed by atoms with E-state index in [1.165, 1.54) is 24.3 Å². The first-order valence-electron chi connectivity index (χ1n) is 5.68. The van der Waals surface area contributed by atoms with Gasteiger partial charge in [0.05, 0.1) is 4.90 Å². The van der Waals surface area contributed by atoms with Crippen LogP contribution in [0.25, 0.3) is 0 Å². The lowest BCUT2D eigenvalue weighted by molar-refractivity contribution is 0.579. The number of nitrogens with one attached hydrogen (secondary N) is 1. The molecule has 3 nitrogen and oxygen atoms in total. The van der Waals surface area contributed by atoms with Crippen molar-refractivity contribution in [2.75, 3.05) is 0 Å². The van der Waals surface area contributed by atoms with Gasteiger partial charge in [-0.05, 0) is 57.9 Å².